The van der Waals surface area contributed by atoms with Crippen molar-refractivity contribution >= 4 is 18.0 Å². The highest BCUT2D eigenvalue weighted by atomic mass is 16.5. The molecular weight excluding hydrogens is 404 g/mol. The fourth-order valence-electron chi connectivity index (χ4n) is 2.86. The maximum atomic E-state index is 12.1. The molecule has 0 bridgehead atoms. The summed E-state index contributed by atoms with van der Waals surface area (Å²) in [6, 6.07) is 13.9. The van der Waals surface area contributed by atoms with Gasteiger partial charge in [-0.05, 0) is 60.9 Å². The quantitative estimate of drug-likeness (QED) is 0.148. The van der Waals surface area contributed by atoms with Gasteiger partial charge in [0, 0.05) is 6.08 Å². The first kappa shape index (κ1) is 25.2. The summed E-state index contributed by atoms with van der Waals surface area (Å²) >= 11 is 0. The molecule has 2 rings (SSSR count). The molecule has 0 aliphatic rings. The van der Waals surface area contributed by atoms with Crippen LogP contribution in [0.15, 0.2) is 54.6 Å². The van der Waals surface area contributed by atoms with Crippen LogP contribution in [0.25, 0.3) is 6.08 Å². The molecule has 0 fully saturated rings. The fraction of sp³-hybridized carbons (Fsp3) is 0.370. The largest absolute Gasteiger partial charge is 0.494 e. The molecule has 0 spiro atoms. The second kappa shape index (κ2) is 14.8. The summed E-state index contributed by atoms with van der Waals surface area (Å²) in [4.78, 5) is 24.1. The van der Waals surface area contributed by atoms with E-state index in [2.05, 4.69) is 13.8 Å². The molecule has 5 heteroatoms. The number of hydrogen-bond acceptors (Lipinski definition) is 5. The highest BCUT2D eigenvalue weighted by Crippen LogP contribution is 2.18. The fourth-order valence-corrected chi connectivity index (χ4v) is 2.86. The highest BCUT2D eigenvalue weighted by Gasteiger charge is 2.07. The van der Waals surface area contributed by atoms with Crippen molar-refractivity contribution in [2.45, 2.75) is 51.9 Å². The normalized spacial score (nSPS) is 10.8. The van der Waals surface area contributed by atoms with Gasteiger partial charge in [0.1, 0.15) is 11.5 Å². The molecule has 0 atom stereocenters. The number of hydrogen-bond donors (Lipinski definition) is 0. The minimum absolute atomic E-state index is 0.334. The second-order valence-electron chi connectivity index (χ2n) is 7.45. The first-order chi connectivity index (χ1) is 15.6. The number of carbonyl (C=O) groups excluding carboxylic acids is 2. The van der Waals surface area contributed by atoms with E-state index in [1.807, 2.05) is 0 Å². The molecule has 0 aromatic heterocycles. The van der Waals surface area contributed by atoms with Gasteiger partial charge in [0.05, 0.1) is 18.8 Å². The Balaban J connectivity index is 1.75. The smallest absolute Gasteiger partial charge is 0.338 e. The molecule has 0 amide bonds. The Morgan fingerprint density at radius 3 is 2.22 bits per heavy atom. The lowest BCUT2D eigenvalue weighted by Gasteiger charge is -2.06. The summed E-state index contributed by atoms with van der Waals surface area (Å²) in [5.41, 5.74) is 1.27. The van der Waals surface area contributed by atoms with Crippen molar-refractivity contribution in [3.8, 4) is 11.5 Å². The lowest BCUT2D eigenvalue weighted by Crippen LogP contribution is -2.06. The van der Waals surface area contributed by atoms with Crippen LogP contribution in [-0.4, -0.2) is 25.2 Å². The number of rotatable bonds is 14. The molecular formula is C27H33O5. The Labute approximate surface area is 191 Å². The van der Waals surface area contributed by atoms with Gasteiger partial charge in [-0.25, -0.2) is 9.59 Å². The van der Waals surface area contributed by atoms with Crippen molar-refractivity contribution in [2.75, 3.05) is 13.2 Å². The van der Waals surface area contributed by atoms with E-state index in [1.54, 1.807) is 54.6 Å². The zero-order valence-electron chi connectivity index (χ0n) is 18.9. The van der Waals surface area contributed by atoms with E-state index < -0.39 is 5.97 Å². The third-order valence-corrected chi connectivity index (χ3v) is 4.74. The van der Waals surface area contributed by atoms with Crippen molar-refractivity contribution in [1.82, 2.24) is 0 Å². The monoisotopic (exact) mass is 437 g/mol. The first-order valence-electron chi connectivity index (χ1n) is 11.3. The van der Waals surface area contributed by atoms with Gasteiger partial charge in [0.2, 0.25) is 0 Å². The van der Waals surface area contributed by atoms with Gasteiger partial charge in [-0.2, -0.15) is 0 Å². The molecule has 0 saturated carbocycles. The van der Waals surface area contributed by atoms with Crippen LogP contribution in [0.1, 0.15) is 67.8 Å². The van der Waals surface area contributed by atoms with Crippen molar-refractivity contribution in [3.05, 3.63) is 72.7 Å². The SMILES string of the molecule is [CH2]CCCCCCOC(=O)c1ccc(/C=C/C(=O)Oc2ccc(OCCCC)cc2)cc1. The molecule has 171 valence electrons. The summed E-state index contributed by atoms with van der Waals surface area (Å²) in [5.74, 6) is 0.389. The van der Waals surface area contributed by atoms with E-state index in [4.69, 9.17) is 14.2 Å². The van der Waals surface area contributed by atoms with Gasteiger partial charge in [-0.1, -0.05) is 58.1 Å². The Kier molecular flexibility index (Phi) is 11.7. The van der Waals surface area contributed by atoms with E-state index in [0.29, 0.717) is 24.5 Å². The molecule has 0 heterocycles. The van der Waals surface area contributed by atoms with Gasteiger partial charge < -0.3 is 14.2 Å². The minimum Gasteiger partial charge on any atom is -0.494 e. The minimum atomic E-state index is -0.480. The third kappa shape index (κ3) is 9.82. The predicted molar refractivity (Wildman–Crippen MR) is 127 cm³/mol. The van der Waals surface area contributed by atoms with E-state index >= 15 is 0 Å². The number of ether oxygens (including phenoxy) is 3. The zero-order chi connectivity index (χ0) is 23.0. The number of carbonyl (C=O) groups is 2. The summed E-state index contributed by atoms with van der Waals surface area (Å²) in [6.07, 6.45) is 10.1. The maximum Gasteiger partial charge on any atom is 0.338 e. The van der Waals surface area contributed by atoms with E-state index in [-0.39, 0.29) is 5.97 Å². The lowest BCUT2D eigenvalue weighted by molar-refractivity contribution is -0.128. The van der Waals surface area contributed by atoms with Gasteiger partial charge in [0.25, 0.3) is 0 Å². The van der Waals surface area contributed by atoms with Crippen LogP contribution < -0.4 is 9.47 Å². The van der Waals surface area contributed by atoms with Gasteiger partial charge in [0.15, 0.2) is 0 Å². The molecule has 32 heavy (non-hydrogen) atoms. The van der Waals surface area contributed by atoms with Gasteiger partial charge in [-0.3, -0.25) is 0 Å². The Hall–Kier alpha value is -3.08. The molecule has 2 aromatic carbocycles. The highest BCUT2D eigenvalue weighted by molar-refractivity contribution is 5.91. The lowest BCUT2D eigenvalue weighted by atomic mass is 10.1. The average Bonchev–Trinajstić information content (AvgIpc) is 2.81. The van der Waals surface area contributed by atoms with E-state index in [1.165, 1.54) is 6.08 Å². The van der Waals surface area contributed by atoms with Crippen LogP contribution in [0.4, 0.5) is 0 Å². The Morgan fingerprint density at radius 1 is 0.844 bits per heavy atom. The number of esters is 2. The van der Waals surface area contributed by atoms with E-state index in [0.717, 1.165) is 56.3 Å². The van der Waals surface area contributed by atoms with Crippen LogP contribution in [0.5, 0.6) is 11.5 Å². The molecule has 0 aliphatic carbocycles. The molecule has 0 unspecified atom stereocenters. The summed E-state index contributed by atoms with van der Waals surface area (Å²) in [5, 5.41) is 0. The molecule has 0 saturated heterocycles. The van der Waals surface area contributed by atoms with Crippen molar-refractivity contribution in [1.29, 1.82) is 0 Å². The third-order valence-electron chi connectivity index (χ3n) is 4.74. The molecule has 0 aliphatic heterocycles. The summed E-state index contributed by atoms with van der Waals surface area (Å²) in [6.45, 7) is 7.02. The first-order valence-corrected chi connectivity index (χ1v) is 11.3. The maximum absolute atomic E-state index is 12.1. The standard InChI is InChI=1S/C27H33O5/c1-3-5-7-8-9-21-31-27(29)23-13-10-22(11-14-23)12-19-26(28)32-25-17-15-24(16-18-25)30-20-6-4-2/h10-19H,1,3-9,20-21H2,2H3/b19-12+. The molecule has 1 radical (unpaired) electrons. The van der Waals surface area contributed by atoms with Crippen LogP contribution >= 0.6 is 0 Å². The second-order valence-corrected chi connectivity index (χ2v) is 7.45. The van der Waals surface area contributed by atoms with Gasteiger partial charge in [-0.15, -0.1) is 0 Å². The Bertz CT molecular complexity index is 837. The molecule has 5 nitrogen and oxygen atoms in total. The van der Waals surface area contributed by atoms with Crippen molar-refractivity contribution in [3.63, 3.8) is 0 Å². The molecule has 0 N–H and O–H groups in total. The number of benzene rings is 2. The van der Waals surface area contributed by atoms with Gasteiger partial charge >= 0.3 is 11.9 Å². The Morgan fingerprint density at radius 2 is 1.53 bits per heavy atom. The predicted octanol–water partition coefficient (Wildman–Crippen LogP) is 6.43. The topological polar surface area (TPSA) is 61.8 Å². The number of unbranched alkanes of at least 4 members (excludes halogenated alkanes) is 5. The van der Waals surface area contributed by atoms with Crippen LogP contribution in [-0.2, 0) is 9.53 Å². The molecule has 2 aromatic rings. The van der Waals surface area contributed by atoms with Crippen molar-refractivity contribution < 1.29 is 23.8 Å². The van der Waals surface area contributed by atoms with Crippen LogP contribution in [0.3, 0.4) is 0 Å². The zero-order valence-corrected chi connectivity index (χ0v) is 18.9. The van der Waals surface area contributed by atoms with E-state index in [9.17, 15) is 9.59 Å². The van der Waals surface area contributed by atoms with Crippen LogP contribution in [0.2, 0.25) is 0 Å². The van der Waals surface area contributed by atoms with Crippen molar-refractivity contribution in [2.24, 2.45) is 0 Å². The summed E-state index contributed by atoms with van der Waals surface area (Å²) in [7, 11) is 0. The van der Waals surface area contributed by atoms with Crippen LogP contribution in [0, 0.1) is 6.92 Å². The average molecular weight is 438 g/mol. The summed E-state index contributed by atoms with van der Waals surface area (Å²) < 4.78 is 16.2.